The van der Waals surface area contributed by atoms with Crippen LogP contribution in [0, 0.1) is 5.41 Å². The van der Waals surface area contributed by atoms with Crippen LogP contribution in [-0.2, 0) is 4.79 Å². The number of carbonyl (C=O) groups is 1. The molecule has 0 bridgehead atoms. The van der Waals surface area contributed by atoms with Crippen molar-refractivity contribution in [2.24, 2.45) is 5.41 Å². The molecule has 3 fully saturated rings. The maximum atomic E-state index is 12.4. The molecule has 3 aliphatic rings. The van der Waals surface area contributed by atoms with Gasteiger partial charge in [-0.3, -0.25) is 9.69 Å². The fourth-order valence-corrected chi connectivity index (χ4v) is 4.22. The molecule has 1 unspecified atom stereocenters. The van der Waals surface area contributed by atoms with Crippen LogP contribution >= 0.6 is 0 Å². The van der Waals surface area contributed by atoms with E-state index >= 15 is 0 Å². The summed E-state index contributed by atoms with van der Waals surface area (Å²) in [5.74, 6) is 0.253. The zero-order valence-electron chi connectivity index (χ0n) is 12.8. The van der Waals surface area contributed by atoms with E-state index in [2.05, 4.69) is 22.5 Å². The normalized spacial score (nSPS) is 28.9. The Kier molecular flexibility index (Phi) is 4.32. The van der Waals surface area contributed by atoms with Crippen molar-refractivity contribution < 1.29 is 4.79 Å². The Labute approximate surface area is 122 Å². The monoisotopic (exact) mass is 279 g/mol. The molecule has 2 aliphatic heterocycles. The van der Waals surface area contributed by atoms with Crippen molar-refractivity contribution in [3.05, 3.63) is 0 Å². The third kappa shape index (κ3) is 3.01. The molecule has 1 saturated carbocycles. The van der Waals surface area contributed by atoms with E-state index in [1.807, 2.05) is 0 Å². The van der Waals surface area contributed by atoms with Gasteiger partial charge in [0.05, 0.1) is 6.04 Å². The van der Waals surface area contributed by atoms with E-state index in [0.717, 1.165) is 26.2 Å². The molecule has 2 saturated heterocycles. The number of likely N-dealkylation sites (tertiary alicyclic amines) is 1. The molecule has 2 N–H and O–H groups in total. The van der Waals surface area contributed by atoms with Crippen molar-refractivity contribution in [2.75, 3.05) is 26.2 Å². The van der Waals surface area contributed by atoms with E-state index in [-0.39, 0.29) is 11.9 Å². The fraction of sp³-hybridized carbons (Fsp3) is 0.938. The molecule has 0 aromatic heterocycles. The number of rotatable bonds is 3. The van der Waals surface area contributed by atoms with Crippen molar-refractivity contribution in [1.29, 1.82) is 0 Å². The first-order valence-corrected chi connectivity index (χ1v) is 8.44. The van der Waals surface area contributed by atoms with Gasteiger partial charge in [-0.1, -0.05) is 12.8 Å². The molecular weight excluding hydrogens is 250 g/mol. The van der Waals surface area contributed by atoms with E-state index in [9.17, 15) is 4.79 Å². The minimum atomic E-state index is 0.0462. The van der Waals surface area contributed by atoms with Gasteiger partial charge in [0.1, 0.15) is 0 Å². The first kappa shape index (κ1) is 14.3. The van der Waals surface area contributed by atoms with Crippen LogP contribution in [-0.4, -0.2) is 49.1 Å². The van der Waals surface area contributed by atoms with Gasteiger partial charge in [-0.2, -0.15) is 0 Å². The molecular formula is C16H29N3O. The van der Waals surface area contributed by atoms with Crippen LogP contribution in [0.25, 0.3) is 0 Å². The smallest absolute Gasteiger partial charge is 0.237 e. The molecule has 20 heavy (non-hydrogen) atoms. The lowest BCUT2D eigenvalue weighted by Gasteiger charge is -2.34. The predicted molar refractivity (Wildman–Crippen MR) is 80.6 cm³/mol. The maximum absolute atomic E-state index is 12.4. The Morgan fingerprint density at radius 1 is 1.25 bits per heavy atom. The van der Waals surface area contributed by atoms with Crippen LogP contribution < -0.4 is 10.6 Å². The van der Waals surface area contributed by atoms with Crippen molar-refractivity contribution in [2.45, 2.75) is 64.0 Å². The average Bonchev–Trinajstić information content (AvgIpc) is 3.09. The summed E-state index contributed by atoms with van der Waals surface area (Å²) in [4.78, 5) is 14.8. The van der Waals surface area contributed by atoms with Gasteiger partial charge < -0.3 is 10.6 Å². The Hall–Kier alpha value is -0.610. The van der Waals surface area contributed by atoms with E-state index in [1.54, 1.807) is 0 Å². The van der Waals surface area contributed by atoms with Gasteiger partial charge >= 0.3 is 0 Å². The number of nitrogens with one attached hydrogen (secondary N) is 2. The van der Waals surface area contributed by atoms with Gasteiger partial charge in [-0.15, -0.1) is 0 Å². The third-order valence-electron chi connectivity index (χ3n) is 5.76. The molecule has 4 nitrogen and oxygen atoms in total. The molecule has 114 valence electrons. The van der Waals surface area contributed by atoms with Gasteiger partial charge in [0.25, 0.3) is 0 Å². The molecule has 0 aromatic carbocycles. The Morgan fingerprint density at radius 2 is 1.95 bits per heavy atom. The summed E-state index contributed by atoms with van der Waals surface area (Å²) in [5.41, 5.74) is 0.493. The van der Waals surface area contributed by atoms with Crippen LogP contribution in [0.4, 0.5) is 0 Å². The third-order valence-corrected chi connectivity index (χ3v) is 5.76. The zero-order valence-corrected chi connectivity index (χ0v) is 12.8. The maximum Gasteiger partial charge on any atom is 0.237 e. The number of nitrogens with zero attached hydrogens (tertiary/aromatic N) is 1. The van der Waals surface area contributed by atoms with Crippen LogP contribution in [0.15, 0.2) is 0 Å². The molecule has 0 aromatic rings. The van der Waals surface area contributed by atoms with Crippen LogP contribution in [0.5, 0.6) is 0 Å². The second kappa shape index (κ2) is 6.02. The Bertz CT molecular complexity index is 346. The highest BCUT2D eigenvalue weighted by Crippen LogP contribution is 2.39. The lowest BCUT2D eigenvalue weighted by molar-refractivity contribution is -0.126. The fourth-order valence-electron chi connectivity index (χ4n) is 4.22. The summed E-state index contributed by atoms with van der Waals surface area (Å²) >= 11 is 0. The van der Waals surface area contributed by atoms with Crippen LogP contribution in [0.3, 0.4) is 0 Å². The standard InChI is InChI=1S/C16H29N3O/c1-13(15(20)18-14-4-2-3-5-14)19-11-8-16(12-19)6-9-17-10-7-16/h13-14,17H,2-12H2,1H3,(H,18,20). The van der Waals surface area contributed by atoms with E-state index in [4.69, 9.17) is 0 Å². The number of hydrogen-bond acceptors (Lipinski definition) is 3. The van der Waals surface area contributed by atoms with Crippen molar-refractivity contribution in [3.8, 4) is 0 Å². The largest absolute Gasteiger partial charge is 0.352 e. The van der Waals surface area contributed by atoms with Crippen molar-refractivity contribution in [3.63, 3.8) is 0 Å². The van der Waals surface area contributed by atoms with E-state index in [0.29, 0.717) is 11.5 Å². The molecule has 0 radical (unpaired) electrons. The summed E-state index contributed by atoms with van der Waals surface area (Å²) < 4.78 is 0. The number of amides is 1. The van der Waals surface area contributed by atoms with Gasteiger partial charge in [-0.25, -0.2) is 0 Å². The highest BCUT2D eigenvalue weighted by Gasteiger charge is 2.41. The predicted octanol–water partition coefficient (Wildman–Crippen LogP) is 1.51. The minimum absolute atomic E-state index is 0.0462. The summed E-state index contributed by atoms with van der Waals surface area (Å²) in [6.07, 6.45) is 8.73. The van der Waals surface area contributed by atoms with Gasteiger partial charge in [0.2, 0.25) is 5.91 Å². The first-order chi connectivity index (χ1) is 9.69. The SMILES string of the molecule is CC(C(=O)NC1CCCC1)N1CCC2(CCNCC2)C1. The molecule has 1 amide bonds. The highest BCUT2D eigenvalue weighted by atomic mass is 16.2. The first-order valence-electron chi connectivity index (χ1n) is 8.44. The highest BCUT2D eigenvalue weighted by molar-refractivity contribution is 5.81. The van der Waals surface area contributed by atoms with Gasteiger partial charge in [0.15, 0.2) is 0 Å². The van der Waals surface area contributed by atoms with Gasteiger partial charge in [0, 0.05) is 12.6 Å². The summed E-state index contributed by atoms with van der Waals surface area (Å²) in [6.45, 7) is 6.60. The lowest BCUT2D eigenvalue weighted by Crippen LogP contribution is -2.48. The molecule has 3 rings (SSSR count). The van der Waals surface area contributed by atoms with Crippen molar-refractivity contribution in [1.82, 2.24) is 15.5 Å². The second-order valence-electron chi connectivity index (χ2n) is 7.14. The molecule has 2 heterocycles. The molecule has 1 spiro atoms. The van der Waals surface area contributed by atoms with Crippen LogP contribution in [0.2, 0.25) is 0 Å². The summed E-state index contributed by atoms with van der Waals surface area (Å²) in [5, 5.41) is 6.71. The topological polar surface area (TPSA) is 44.4 Å². The lowest BCUT2D eigenvalue weighted by atomic mass is 9.78. The molecule has 1 atom stereocenters. The number of piperidine rings is 1. The summed E-state index contributed by atoms with van der Waals surface area (Å²) in [6, 6.07) is 0.491. The minimum Gasteiger partial charge on any atom is -0.352 e. The van der Waals surface area contributed by atoms with E-state index in [1.165, 1.54) is 44.9 Å². The molecule has 4 heteroatoms. The Morgan fingerprint density at radius 3 is 2.65 bits per heavy atom. The quantitative estimate of drug-likeness (QED) is 0.823. The number of hydrogen-bond donors (Lipinski definition) is 2. The van der Waals surface area contributed by atoms with E-state index < -0.39 is 0 Å². The second-order valence-corrected chi connectivity index (χ2v) is 7.14. The van der Waals surface area contributed by atoms with Crippen molar-refractivity contribution >= 4 is 5.91 Å². The molecule has 1 aliphatic carbocycles. The zero-order chi connectivity index (χ0) is 14.0. The van der Waals surface area contributed by atoms with Crippen LogP contribution in [0.1, 0.15) is 51.9 Å². The summed E-state index contributed by atoms with van der Waals surface area (Å²) in [7, 11) is 0. The average molecular weight is 279 g/mol. The Balaban J connectivity index is 1.52. The number of carbonyl (C=O) groups excluding carboxylic acids is 1. The van der Waals surface area contributed by atoms with Gasteiger partial charge in [-0.05, 0) is 64.1 Å².